The summed E-state index contributed by atoms with van der Waals surface area (Å²) in [5.41, 5.74) is 11.1. The van der Waals surface area contributed by atoms with E-state index in [1.165, 1.54) is 17.5 Å². The van der Waals surface area contributed by atoms with Crippen LogP contribution in [0.4, 0.5) is 11.4 Å². The fourth-order valence-electron chi connectivity index (χ4n) is 2.55. The van der Waals surface area contributed by atoms with E-state index >= 15 is 0 Å². The highest BCUT2D eigenvalue weighted by Crippen LogP contribution is 2.34. The number of thiazole rings is 1. The van der Waals surface area contributed by atoms with Crippen LogP contribution in [0.1, 0.15) is 12.8 Å². The fraction of sp³-hybridized carbons (Fsp3) is 0.462. The molecule has 1 aromatic carbocycles. The Kier molecular flexibility index (Phi) is 3.35. The molecule has 1 saturated heterocycles. The Bertz CT molecular complexity index is 544. The third-order valence-corrected chi connectivity index (χ3v) is 5.57. The van der Waals surface area contributed by atoms with Crippen molar-refractivity contribution in [2.75, 3.05) is 30.0 Å². The van der Waals surface area contributed by atoms with Gasteiger partial charge in [-0.3, -0.25) is 0 Å². The summed E-state index contributed by atoms with van der Waals surface area (Å²) in [5.74, 6) is 0. The molecule has 96 valence electrons. The van der Waals surface area contributed by atoms with Gasteiger partial charge in [-0.25, -0.2) is 4.98 Å². The summed E-state index contributed by atoms with van der Waals surface area (Å²) < 4.78 is 1.18. The quantitative estimate of drug-likeness (QED) is 0.857. The Morgan fingerprint density at radius 1 is 1.39 bits per heavy atom. The smallest absolute Gasteiger partial charge is 0.106 e. The van der Waals surface area contributed by atoms with Gasteiger partial charge in [0, 0.05) is 18.3 Å². The highest BCUT2D eigenvalue weighted by atomic mass is 32.2. The minimum atomic E-state index is 0.811. The van der Waals surface area contributed by atoms with Gasteiger partial charge in [-0.05, 0) is 31.2 Å². The van der Waals surface area contributed by atoms with E-state index in [4.69, 9.17) is 5.73 Å². The third kappa shape index (κ3) is 2.06. The molecular weight excluding hydrogens is 262 g/mol. The van der Waals surface area contributed by atoms with Crippen molar-refractivity contribution in [3.05, 3.63) is 17.6 Å². The first-order valence-electron chi connectivity index (χ1n) is 6.19. The minimum absolute atomic E-state index is 0.811. The number of thioether (sulfide) groups is 1. The largest absolute Gasteiger partial charge is 0.395 e. The molecule has 2 heterocycles. The molecule has 0 atom stereocenters. The Balaban J connectivity index is 1.88. The van der Waals surface area contributed by atoms with Crippen LogP contribution in [0, 0.1) is 0 Å². The highest BCUT2D eigenvalue weighted by Gasteiger charge is 2.20. The molecule has 0 spiro atoms. The molecule has 1 aromatic heterocycles. The molecule has 2 N–H and O–H groups in total. The van der Waals surface area contributed by atoms with Crippen molar-refractivity contribution in [1.82, 2.24) is 4.98 Å². The molecule has 0 unspecified atom stereocenters. The molecule has 2 aromatic rings. The maximum Gasteiger partial charge on any atom is 0.106 e. The Labute approximate surface area is 115 Å². The maximum atomic E-state index is 6.26. The molecule has 1 aliphatic heterocycles. The van der Waals surface area contributed by atoms with E-state index in [1.807, 2.05) is 17.3 Å². The summed E-state index contributed by atoms with van der Waals surface area (Å²) in [5, 5.41) is 0.811. The Morgan fingerprint density at radius 3 is 2.89 bits per heavy atom. The molecule has 0 aliphatic carbocycles. The van der Waals surface area contributed by atoms with Crippen molar-refractivity contribution < 1.29 is 0 Å². The van der Waals surface area contributed by atoms with Crippen molar-refractivity contribution >= 4 is 44.7 Å². The summed E-state index contributed by atoms with van der Waals surface area (Å²) in [7, 11) is 0. The summed E-state index contributed by atoms with van der Waals surface area (Å²) in [6.45, 7) is 2.21. The first-order chi connectivity index (χ1) is 8.79. The second-order valence-electron chi connectivity index (χ2n) is 4.62. The molecule has 5 heteroatoms. The standard InChI is InChI=1S/C13H17N3S2/c1-17-9-4-6-16(7-5-9)10-2-3-11-13(12(10)14)15-8-18-11/h2-3,8-9H,4-7,14H2,1H3. The first-order valence-corrected chi connectivity index (χ1v) is 8.36. The number of piperidine rings is 1. The van der Waals surface area contributed by atoms with Gasteiger partial charge in [0.2, 0.25) is 0 Å². The van der Waals surface area contributed by atoms with Crippen LogP contribution < -0.4 is 10.6 Å². The van der Waals surface area contributed by atoms with Crippen LogP contribution in [0.5, 0.6) is 0 Å². The van der Waals surface area contributed by atoms with Gasteiger partial charge in [-0.1, -0.05) is 0 Å². The zero-order valence-corrected chi connectivity index (χ0v) is 12.1. The Morgan fingerprint density at radius 2 is 2.17 bits per heavy atom. The van der Waals surface area contributed by atoms with Crippen LogP contribution in [0.2, 0.25) is 0 Å². The molecule has 0 amide bonds. The maximum absolute atomic E-state index is 6.26. The predicted octanol–water partition coefficient (Wildman–Crippen LogP) is 3.21. The first kappa shape index (κ1) is 12.1. The number of nitrogen functional groups attached to an aromatic ring is 1. The second kappa shape index (κ2) is 4.97. The summed E-state index contributed by atoms with van der Waals surface area (Å²) in [6, 6.07) is 4.29. The van der Waals surface area contributed by atoms with E-state index in [0.717, 1.165) is 35.2 Å². The molecule has 3 nitrogen and oxygen atoms in total. The number of nitrogens with zero attached hydrogens (tertiary/aromatic N) is 2. The van der Waals surface area contributed by atoms with Crippen molar-refractivity contribution in [3.8, 4) is 0 Å². The van der Waals surface area contributed by atoms with Crippen molar-refractivity contribution in [3.63, 3.8) is 0 Å². The predicted molar refractivity (Wildman–Crippen MR) is 82.8 cm³/mol. The normalized spacial score (nSPS) is 17.5. The molecule has 0 saturated carbocycles. The lowest BCUT2D eigenvalue weighted by Crippen LogP contribution is -2.35. The van der Waals surface area contributed by atoms with Crippen LogP contribution in [0.3, 0.4) is 0 Å². The van der Waals surface area contributed by atoms with E-state index in [-0.39, 0.29) is 0 Å². The molecule has 3 rings (SSSR count). The molecule has 1 fully saturated rings. The van der Waals surface area contributed by atoms with Gasteiger partial charge in [-0.15, -0.1) is 11.3 Å². The van der Waals surface area contributed by atoms with Crippen LogP contribution in [-0.4, -0.2) is 29.6 Å². The second-order valence-corrected chi connectivity index (χ2v) is 6.64. The van der Waals surface area contributed by atoms with E-state index in [2.05, 4.69) is 28.3 Å². The van der Waals surface area contributed by atoms with Crippen LogP contribution in [0.15, 0.2) is 17.6 Å². The van der Waals surface area contributed by atoms with Crippen molar-refractivity contribution in [1.29, 1.82) is 0 Å². The van der Waals surface area contributed by atoms with E-state index in [1.54, 1.807) is 11.3 Å². The van der Waals surface area contributed by atoms with Crippen LogP contribution in [-0.2, 0) is 0 Å². The van der Waals surface area contributed by atoms with E-state index in [0.29, 0.717) is 0 Å². The zero-order valence-electron chi connectivity index (χ0n) is 10.4. The van der Waals surface area contributed by atoms with E-state index < -0.39 is 0 Å². The highest BCUT2D eigenvalue weighted by molar-refractivity contribution is 7.99. The molecule has 18 heavy (non-hydrogen) atoms. The monoisotopic (exact) mass is 279 g/mol. The zero-order chi connectivity index (χ0) is 12.5. The number of benzene rings is 1. The summed E-state index contributed by atoms with van der Waals surface area (Å²) in [6.07, 6.45) is 4.70. The van der Waals surface area contributed by atoms with Gasteiger partial charge >= 0.3 is 0 Å². The molecule has 0 bridgehead atoms. The SMILES string of the molecule is CSC1CCN(c2ccc3scnc3c2N)CC1. The lowest BCUT2D eigenvalue weighted by Gasteiger charge is -2.33. The topological polar surface area (TPSA) is 42.2 Å². The van der Waals surface area contributed by atoms with Gasteiger partial charge < -0.3 is 10.6 Å². The van der Waals surface area contributed by atoms with Crippen LogP contribution >= 0.6 is 23.1 Å². The minimum Gasteiger partial charge on any atom is -0.395 e. The van der Waals surface area contributed by atoms with Crippen molar-refractivity contribution in [2.24, 2.45) is 0 Å². The average Bonchev–Trinajstić information content (AvgIpc) is 2.89. The summed E-state index contributed by atoms with van der Waals surface area (Å²) in [4.78, 5) is 6.77. The molecule has 1 aliphatic rings. The number of hydrogen-bond donors (Lipinski definition) is 1. The van der Waals surface area contributed by atoms with Gasteiger partial charge in [0.15, 0.2) is 0 Å². The number of nitrogens with two attached hydrogens (primary N) is 1. The van der Waals surface area contributed by atoms with Crippen LogP contribution in [0.25, 0.3) is 10.2 Å². The number of anilines is 2. The van der Waals surface area contributed by atoms with Gasteiger partial charge in [-0.2, -0.15) is 11.8 Å². The number of rotatable bonds is 2. The Hall–Kier alpha value is -0.940. The average molecular weight is 279 g/mol. The number of hydrogen-bond acceptors (Lipinski definition) is 5. The molecular formula is C13H17N3S2. The third-order valence-electron chi connectivity index (χ3n) is 3.63. The fourth-order valence-corrected chi connectivity index (χ4v) is 3.92. The van der Waals surface area contributed by atoms with Crippen molar-refractivity contribution in [2.45, 2.75) is 18.1 Å². The molecule has 0 radical (unpaired) electrons. The van der Waals surface area contributed by atoms with Gasteiger partial charge in [0.05, 0.1) is 21.6 Å². The van der Waals surface area contributed by atoms with Gasteiger partial charge in [0.1, 0.15) is 5.52 Å². The lowest BCUT2D eigenvalue weighted by atomic mass is 10.1. The number of aromatic nitrogens is 1. The van der Waals surface area contributed by atoms with Gasteiger partial charge in [0.25, 0.3) is 0 Å². The summed E-state index contributed by atoms with van der Waals surface area (Å²) >= 11 is 3.63. The van der Waals surface area contributed by atoms with E-state index in [9.17, 15) is 0 Å². The lowest BCUT2D eigenvalue weighted by molar-refractivity contribution is 0.592. The number of fused-ring (bicyclic) bond motifs is 1.